The van der Waals surface area contributed by atoms with Gasteiger partial charge in [0.15, 0.2) is 0 Å². The van der Waals surface area contributed by atoms with Crippen molar-refractivity contribution in [3.8, 4) is 0 Å². The van der Waals surface area contributed by atoms with E-state index in [1.807, 2.05) is 0 Å². The molecule has 0 amide bonds. The Kier molecular flexibility index (Phi) is 4.64. The summed E-state index contributed by atoms with van der Waals surface area (Å²) in [7, 11) is -2.68. The predicted octanol–water partition coefficient (Wildman–Crippen LogP) is 1.16. The Bertz CT molecular complexity index is 650. The van der Waals surface area contributed by atoms with Crippen molar-refractivity contribution in [2.75, 3.05) is 13.7 Å². The van der Waals surface area contributed by atoms with Crippen LogP contribution in [0.1, 0.15) is 28.9 Å². The van der Waals surface area contributed by atoms with Crippen molar-refractivity contribution in [2.24, 2.45) is 0 Å². The molecule has 2 rings (SSSR count). The Morgan fingerprint density at radius 3 is 2.71 bits per heavy atom. The van der Waals surface area contributed by atoms with E-state index in [1.165, 1.54) is 12.5 Å². The normalized spacial score (nSPS) is 20.1. The van der Waals surface area contributed by atoms with Crippen molar-refractivity contribution in [3.05, 3.63) is 16.3 Å². The molecule has 0 saturated carbocycles. The van der Waals surface area contributed by atoms with E-state index in [9.17, 15) is 18.0 Å². The van der Waals surface area contributed by atoms with Gasteiger partial charge in [0.2, 0.25) is 10.0 Å². The monoisotopic (exact) mass is 333 g/mol. The van der Waals surface area contributed by atoms with Crippen LogP contribution in [0.25, 0.3) is 0 Å². The van der Waals surface area contributed by atoms with E-state index in [-0.39, 0.29) is 16.3 Å². The van der Waals surface area contributed by atoms with Gasteiger partial charge in [-0.3, -0.25) is 4.79 Å². The van der Waals surface area contributed by atoms with Crippen LogP contribution in [-0.4, -0.2) is 49.5 Å². The third kappa shape index (κ3) is 3.09. The third-order valence-electron chi connectivity index (χ3n) is 3.32. The molecule has 9 heteroatoms. The number of carbonyl (C=O) groups excluding carboxylic acids is 1. The minimum absolute atomic E-state index is 0.0554. The first-order valence-corrected chi connectivity index (χ1v) is 8.61. The van der Waals surface area contributed by atoms with Crippen LogP contribution in [0, 0.1) is 0 Å². The van der Waals surface area contributed by atoms with Crippen molar-refractivity contribution in [1.82, 2.24) is 4.31 Å². The number of hydrogen-bond donors (Lipinski definition) is 1. The maximum Gasteiger partial charge on any atom is 0.345 e. The molecule has 1 aliphatic heterocycles. The summed E-state index contributed by atoms with van der Waals surface area (Å²) < 4.78 is 30.9. The van der Waals surface area contributed by atoms with E-state index in [2.05, 4.69) is 4.74 Å². The standard InChI is InChI=1S/C12H15NO6S2/c1-19-12(16)9-4-2-3-5-13(9)21(17,18)8-6-10(11(14)15)20-7-8/h6-7,9H,2-5H2,1H3,(H,14,15). The first kappa shape index (κ1) is 15.9. The molecule has 0 aliphatic carbocycles. The van der Waals surface area contributed by atoms with Crippen LogP contribution in [0.15, 0.2) is 16.3 Å². The van der Waals surface area contributed by atoms with Crippen LogP contribution in [0.4, 0.5) is 0 Å². The zero-order valence-electron chi connectivity index (χ0n) is 11.3. The van der Waals surface area contributed by atoms with Crippen LogP contribution < -0.4 is 0 Å². The van der Waals surface area contributed by atoms with Gasteiger partial charge in [-0.05, 0) is 25.3 Å². The Morgan fingerprint density at radius 1 is 1.43 bits per heavy atom. The quantitative estimate of drug-likeness (QED) is 0.830. The van der Waals surface area contributed by atoms with Gasteiger partial charge in [0.1, 0.15) is 10.9 Å². The number of thiophene rings is 1. The zero-order valence-corrected chi connectivity index (χ0v) is 12.9. The summed E-state index contributed by atoms with van der Waals surface area (Å²) in [6.07, 6.45) is 1.81. The number of rotatable bonds is 4. The lowest BCUT2D eigenvalue weighted by atomic mass is 10.1. The van der Waals surface area contributed by atoms with Gasteiger partial charge in [-0.2, -0.15) is 4.31 Å². The molecular weight excluding hydrogens is 318 g/mol. The van der Waals surface area contributed by atoms with Gasteiger partial charge in [0.25, 0.3) is 0 Å². The van der Waals surface area contributed by atoms with Crippen molar-refractivity contribution < 1.29 is 27.9 Å². The third-order valence-corrected chi connectivity index (χ3v) is 6.27. The second-order valence-electron chi connectivity index (χ2n) is 4.60. The fraction of sp³-hybridized carbons (Fsp3) is 0.500. The van der Waals surface area contributed by atoms with Gasteiger partial charge in [-0.25, -0.2) is 13.2 Å². The SMILES string of the molecule is COC(=O)C1CCCCN1S(=O)(=O)c1csc(C(=O)O)c1. The number of methoxy groups -OCH3 is 1. The van der Waals surface area contributed by atoms with E-state index in [4.69, 9.17) is 5.11 Å². The lowest BCUT2D eigenvalue weighted by molar-refractivity contribution is -0.146. The summed E-state index contributed by atoms with van der Waals surface area (Å²) >= 11 is 0.842. The molecular formula is C12H15NO6S2. The number of sulfonamides is 1. The van der Waals surface area contributed by atoms with E-state index in [0.717, 1.165) is 28.1 Å². The number of esters is 1. The topological polar surface area (TPSA) is 101 Å². The number of nitrogens with zero attached hydrogens (tertiary/aromatic N) is 1. The predicted molar refractivity (Wildman–Crippen MR) is 74.8 cm³/mol. The van der Waals surface area contributed by atoms with Crippen LogP contribution in [-0.2, 0) is 19.6 Å². The number of aromatic carboxylic acids is 1. The second kappa shape index (κ2) is 6.12. The van der Waals surface area contributed by atoms with Crippen LogP contribution >= 0.6 is 11.3 Å². The molecule has 1 aromatic rings. The van der Waals surface area contributed by atoms with Crippen LogP contribution in [0.2, 0.25) is 0 Å². The number of carboxylic acid groups (broad SMARTS) is 1. The van der Waals surface area contributed by atoms with Gasteiger partial charge in [-0.15, -0.1) is 11.3 Å². The van der Waals surface area contributed by atoms with E-state index in [1.54, 1.807) is 0 Å². The minimum Gasteiger partial charge on any atom is -0.477 e. The summed E-state index contributed by atoms with van der Waals surface area (Å²) in [5.74, 6) is -1.77. The molecule has 7 nitrogen and oxygen atoms in total. The maximum absolute atomic E-state index is 12.6. The fourth-order valence-electron chi connectivity index (χ4n) is 2.27. The van der Waals surface area contributed by atoms with E-state index in [0.29, 0.717) is 12.8 Å². The molecule has 1 unspecified atom stereocenters. The van der Waals surface area contributed by atoms with E-state index >= 15 is 0 Å². The molecule has 1 saturated heterocycles. The molecule has 0 radical (unpaired) electrons. The van der Waals surface area contributed by atoms with Crippen molar-refractivity contribution in [1.29, 1.82) is 0 Å². The molecule has 0 aromatic carbocycles. The molecule has 1 aromatic heterocycles. The van der Waals surface area contributed by atoms with Gasteiger partial charge in [0.05, 0.1) is 12.0 Å². The zero-order chi connectivity index (χ0) is 15.6. The largest absolute Gasteiger partial charge is 0.477 e. The molecule has 2 heterocycles. The number of piperidine rings is 1. The second-order valence-corrected chi connectivity index (χ2v) is 7.40. The Balaban J connectivity index is 2.35. The summed E-state index contributed by atoms with van der Waals surface area (Å²) in [6.45, 7) is 0.223. The summed E-state index contributed by atoms with van der Waals surface area (Å²) in [6, 6.07) is 0.271. The number of carbonyl (C=O) groups is 2. The first-order chi connectivity index (χ1) is 9.87. The molecule has 116 valence electrons. The van der Waals surface area contributed by atoms with Gasteiger partial charge >= 0.3 is 11.9 Å². The van der Waals surface area contributed by atoms with Gasteiger partial charge in [-0.1, -0.05) is 0 Å². The highest BCUT2D eigenvalue weighted by atomic mass is 32.2. The molecule has 1 atom stereocenters. The lowest BCUT2D eigenvalue weighted by Gasteiger charge is -2.32. The first-order valence-electron chi connectivity index (χ1n) is 6.29. The molecule has 0 spiro atoms. The molecule has 0 bridgehead atoms. The van der Waals surface area contributed by atoms with Crippen molar-refractivity contribution >= 4 is 33.3 Å². The van der Waals surface area contributed by atoms with Crippen molar-refractivity contribution in [3.63, 3.8) is 0 Å². The summed E-state index contributed by atoms with van der Waals surface area (Å²) in [5.41, 5.74) is 0. The highest BCUT2D eigenvalue weighted by Gasteiger charge is 2.38. The fourth-order valence-corrected chi connectivity index (χ4v) is 5.01. The minimum atomic E-state index is -3.90. The van der Waals surface area contributed by atoms with Crippen LogP contribution in [0.5, 0.6) is 0 Å². The number of ether oxygens (including phenoxy) is 1. The maximum atomic E-state index is 12.6. The van der Waals surface area contributed by atoms with Crippen molar-refractivity contribution in [2.45, 2.75) is 30.2 Å². The Morgan fingerprint density at radius 2 is 2.14 bits per heavy atom. The Labute approximate surface area is 126 Å². The highest BCUT2D eigenvalue weighted by Crippen LogP contribution is 2.28. The number of carboxylic acids is 1. The smallest absolute Gasteiger partial charge is 0.345 e. The molecule has 1 N–H and O–H groups in total. The van der Waals surface area contributed by atoms with Crippen LogP contribution in [0.3, 0.4) is 0 Å². The number of hydrogen-bond acceptors (Lipinski definition) is 6. The average Bonchev–Trinajstić information content (AvgIpc) is 2.97. The van der Waals surface area contributed by atoms with Gasteiger partial charge < -0.3 is 9.84 Å². The molecule has 1 fully saturated rings. The van der Waals surface area contributed by atoms with E-state index < -0.39 is 28.0 Å². The molecule has 1 aliphatic rings. The summed E-state index contributed by atoms with van der Waals surface area (Å²) in [5, 5.41) is 10.2. The van der Waals surface area contributed by atoms with Gasteiger partial charge in [0, 0.05) is 11.9 Å². The summed E-state index contributed by atoms with van der Waals surface area (Å²) in [4.78, 5) is 22.5. The lowest BCUT2D eigenvalue weighted by Crippen LogP contribution is -2.48. The Hall–Kier alpha value is -1.45. The highest BCUT2D eigenvalue weighted by molar-refractivity contribution is 7.89. The molecule has 21 heavy (non-hydrogen) atoms. The average molecular weight is 333 g/mol.